The Kier molecular flexibility index (Phi) is 6.33. The minimum atomic E-state index is -0.279. The largest absolute Gasteiger partial charge is 0.393 e. The van der Waals surface area contributed by atoms with E-state index in [4.69, 9.17) is 0 Å². The molecule has 0 radical (unpaired) electrons. The van der Waals surface area contributed by atoms with E-state index in [1.165, 1.54) is 44.1 Å². The lowest BCUT2D eigenvalue weighted by atomic mass is 9.45. The van der Waals surface area contributed by atoms with Gasteiger partial charge in [0.25, 0.3) is 0 Å². The molecule has 0 bridgehead atoms. The van der Waals surface area contributed by atoms with Gasteiger partial charge < -0.3 is 10.2 Å². The Morgan fingerprint density at radius 3 is 2.34 bits per heavy atom. The van der Waals surface area contributed by atoms with Crippen molar-refractivity contribution in [1.29, 1.82) is 0 Å². The van der Waals surface area contributed by atoms with Crippen LogP contribution in [0.25, 0.3) is 0 Å². The highest BCUT2D eigenvalue weighted by atomic mass is 16.3. The van der Waals surface area contributed by atoms with E-state index in [-0.39, 0.29) is 28.5 Å². The van der Waals surface area contributed by atoms with Crippen LogP contribution in [0.5, 0.6) is 0 Å². The first kappa shape index (κ1) is 24.5. The van der Waals surface area contributed by atoms with Gasteiger partial charge >= 0.3 is 0 Å². The van der Waals surface area contributed by atoms with Crippen LogP contribution < -0.4 is 0 Å². The van der Waals surface area contributed by atoms with Gasteiger partial charge in [-0.05, 0) is 104 Å². The van der Waals surface area contributed by atoms with E-state index < -0.39 is 0 Å². The smallest absolute Gasteiger partial charge is 0.0605 e. The molecule has 2 saturated carbocycles. The second kappa shape index (κ2) is 8.26. The number of aliphatic hydroxyl groups excluding tert-OH is 2. The van der Waals surface area contributed by atoms with Gasteiger partial charge in [-0.15, -0.1) is 0 Å². The zero-order chi connectivity index (χ0) is 23.6. The minimum absolute atomic E-state index is 0.113. The second-order valence-corrected chi connectivity index (χ2v) is 13.3. The SMILES string of the molecule is C=C(CC(O)C(C)C1CCC2(C)C3=C(CCC12C)C1(C)CCC(O)C(C)C1CC3)C(C)C. The van der Waals surface area contributed by atoms with Gasteiger partial charge in [0.05, 0.1) is 12.2 Å². The van der Waals surface area contributed by atoms with Gasteiger partial charge in [-0.3, -0.25) is 0 Å². The fraction of sp³-hybridized carbons (Fsp3) is 0.867. The molecular formula is C30H50O2. The lowest BCUT2D eigenvalue weighted by molar-refractivity contribution is -0.0460. The van der Waals surface area contributed by atoms with Crippen LogP contribution in [0.2, 0.25) is 0 Å². The maximum atomic E-state index is 11.2. The number of fused-ring (bicyclic) bond motifs is 4. The van der Waals surface area contributed by atoms with E-state index in [9.17, 15) is 10.2 Å². The Balaban J connectivity index is 1.63. The molecule has 182 valence electrons. The lowest BCUT2D eigenvalue weighted by Gasteiger charge is -2.60. The number of rotatable bonds is 5. The van der Waals surface area contributed by atoms with Crippen LogP contribution >= 0.6 is 0 Å². The summed E-state index contributed by atoms with van der Waals surface area (Å²) in [5, 5.41) is 21.7. The zero-order valence-electron chi connectivity index (χ0n) is 22.0. The third-order valence-corrected chi connectivity index (χ3v) is 11.9. The summed E-state index contributed by atoms with van der Waals surface area (Å²) < 4.78 is 0. The molecule has 0 amide bonds. The number of allylic oxidation sites excluding steroid dienone is 2. The fourth-order valence-corrected chi connectivity index (χ4v) is 9.14. The van der Waals surface area contributed by atoms with Gasteiger partial charge in [0.15, 0.2) is 0 Å². The van der Waals surface area contributed by atoms with E-state index in [1.807, 2.05) is 0 Å². The average molecular weight is 443 g/mol. The molecule has 2 heteroatoms. The Hall–Kier alpha value is -0.600. The summed E-state index contributed by atoms with van der Waals surface area (Å²) in [7, 11) is 0. The molecule has 4 aliphatic rings. The van der Waals surface area contributed by atoms with Gasteiger partial charge in [0.1, 0.15) is 0 Å². The first-order valence-electron chi connectivity index (χ1n) is 13.6. The topological polar surface area (TPSA) is 40.5 Å². The maximum Gasteiger partial charge on any atom is 0.0605 e. The summed E-state index contributed by atoms with van der Waals surface area (Å²) in [6.07, 6.45) is 9.95. The van der Waals surface area contributed by atoms with Crippen molar-refractivity contribution >= 4 is 0 Å². The molecule has 4 aliphatic carbocycles. The van der Waals surface area contributed by atoms with Crippen molar-refractivity contribution in [2.24, 2.45) is 45.8 Å². The molecule has 0 aromatic heterocycles. The van der Waals surface area contributed by atoms with Crippen molar-refractivity contribution in [1.82, 2.24) is 0 Å². The first-order chi connectivity index (χ1) is 14.9. The Morgan fingerprint density at radius 2 is 1.69 bits per heavy atom. The van der Waals surface area contributed by atoms with E-state index in [2.05, 4.69) is 55.0 Å². The van der Waals surface area contributed by atoms with Gasteiger partial charge in [-0.2, -0.15) is 0 Å². The zero-order valence-corrected chi connectivity index (χ0v) is 22.0. The molecule has 2 nitrogen and oxygen atoms in total. The molecule has 2 N–H and O–H groups in total. The summed E-state index contributed by atoms with van der Waals surface area (Å²) in [5.41, 5.74) is 5.59. The molecular weight excluding hydrogens is 392 g/mol. The quantitative estimate of drug-likeness (QED) is 0.438. The van der Waals surface area contributed by atoms with E-state index in [0.717, 1.165) is 19.3 Å². The lowest BCUT2D eigenvalue weighted by Crippen LogP contribution is -2.52. The third-order valence-electron chi connectivity index (χ3n) is 11.9. The molecule has 0 aromatic carbocycles. The molecule has 9 unspecified atom stereocenters. The Bertz CT molecular complexity index is 780. The van der Waals surface area contributed by atoms with E-state index in [1.54, 1.807) is 11.1 Å². The van der Waals surface area contributed by atoms with Crippen LogP contribution in [0.1, 0.15) is 106 Å². The highest BCUT2D eigenvalue weighted by Gasteiger charge is 2.62. The fourth-order valence-electron chi connectivity index (χ4n) is 9.14. The van der Waals surface area contributed by atoms with Crippen molar-refractivity contribution < 1.29 is 10.2 Å². The summed E-state index contributed by atoms with van der Waals surface area (Å²) in [5.74, 6) is 2.39. The van der Waals surface area contributed by atoms with Crippen LogP contribution in [0.15, 0.2) is 23.3 Å². The van der Waals surface area contributed by atoms with Gasteiger partial charge in [0.2, 0.25) is 0 Å². The van der Waals surface area contributed by atoms with Crippen LogP contribution in [-0.2, 0) is 0 Å². The summed E-state index contributed by atoms with van der Waals surface area (Å²) in [6.45, 7) is 20.9. The standard InChI is InChI=1S/C30H50O2/c1-18(2)19(3)17-27(32)21(5)23-11-15-30(8)25-10-9-22-20(4)26(31)13-14-28(22,6)24(25)12-16-29(23,30)7/h18,20-23,26-27,31-32H,3,9-17H2,1-2,4-8H3. The Morgan fingerprint density at radius 1 is 1.00 bits per heavy atom. The summed E-state index contributed by atoms with van der Waals surface area (Å²) in [6, 6.07) is 0. The Labute approximate surface area is 198 Å². The van der Waals surface area contributed by atoms with Crippen molar-refractivity contribution in [2.75, 3.05) is 0 Å². The van der Waals surface area contributed by atoms with Crippen molar-refractivity contribution in [2.45, 2.75) is 118 Å². The van der Waals surface area contributed by atoms with Gasteiger partial charge in [0, 0.05) is 0 Å². The highest BCUT2D eigenvalue weighted by molar-refractivity contribution is 5.38. The second-order valence-electron chi connectivity index (χ2n) is 13.3. The van der Waals surface area contributed by atoms with Gasteiger partial charge in [-0.25, -0.2) is 0 Å². The monoisotopic (exact) mass is 442 g/mol. The molecule has 0 saturated heterocycles. The van der Waals surface area contributed by atoms with Gasteiger partial charge in [-0.1, -0.05) is 71.8 Å². The van der Waals surface area contributed by atoms with Crippen molar-refractivity contribution in [3.8, 4) is 0 Å². The average Bonchev–Trinajstić information content (AvgIpc) is 3.01. The predicted molar refractivity (Wildman–Crippen MR) is 134 cm³/mol. The third kappa shape index (κ3) is 3.41. The molecule has 4 rings (SSSR count). The van der Waals surface area contributed by atoms with E-state index in [0.29, 0.717) is 29.6 Å². The predicted octanol–water partition coefficient (Wildman–Crippen LogP) is 7.31. The molecule has 2 fully saturated rings. The van der Waals surface area contributed by atoms with Crippen LogP contribution in [-0.4, -0.2) is 22.4 Å². The molecule has 9 atom stereocenters. The summed E-state index contributed by atoms with van der Waals surface area (Å²) in [4.78, 5) is 0. The first-order valence-corrected chi connectivity index (χ1v) is 13.6. The highest BCUT2D eigenvalue weighted by Crippen LogP contribution is 2.71. The molecule has 0 aromatic rings. The number of hydrogen-bond acceptors (Lipinski definition) is 2. The van der Waals surface area contributed by atoms with E-state index >= 15 is 0 Å². The van der Waals surface area contributed by atoms with Crippen LogP contribution in [0.3, 0.4) is 0 Å². The summed E-state index contributed by atoms with van der Waals surface area (Å²) >= 11 is 0. The minimum Gasteiger partial charge on any atom is -0.393 e. The van der Waals surface area contributed by atoms with Crippen LogP contribution in [0.4, 0.5) is 0 Å². The number of hydrogen-bond donors (Lipinski definition) is 2. The molecule has 0 heterocycles. The maximum absolute atomic E-state index is 11.2. The van der Waals surface area contributed by atoms with Crippen LogP contribution in [0, 0.1) is 45.8 Å². The molecule has 0 aliphatic heterocycles. The normalized spacial score (nSPS) is 45.8. The number of aliphatic hydroxyl groups is 2. The van der Waals surface area contributed by atoms with Crippen molar-refractivity contribution in [3.05, 3.63) is 23.3 Å². The molecule has 32 heavy (non-hydrogen) atoms. The van der Waals surface area contributed by atoms with Crippen molar-refractivity contribution in [3.63, 3.8) is 0 Å². The molecule has 0 spiro atoms.